The van der Waals surface area contributed by atoms with Gasteiger partial charge in [-0.3, -0.25) is 0 Å². The molecule has 0 aliphatic rings. The van der Waals surface area contributed by atoms with Crippen molar-refractivity contribution in [3.63, 3.8) is 0 Å². The van der Waals surface area contributed by atoms with Crippen molar-refractivity contribution in [2.45, 2.75) is 27.7 Å². The molecule has 0 heterocycles. The van der Waals surface area contributed by atoms with Gasteiger partial charge < -0.3 is 0 Å². The topological polar surface area (TPSA) is 0 Å². The van der Waals surface area contributed by atoms with Crippen LogP contribution in [0.5, 0.6) is 0 Å². The van der Waals surface area contributed by atoms with Crippen LogP contribution in [0, 0.1) is 13.8 Å². The molecule has 3 heteroatoms. The Kier molecular flexibility index (Phi) is 9.94. The summed E-state index contributed by atoms with van der Waals surface area (Å²) in [5, 5.41) is 5.43. The van der Waals surface area contributed by atoms with Crippen molar-refractivity contribution in [3.05, 3.63) is 132 Å². The first-order chi connectivity index (χ1) is 18.4. The number of benzene rings is 4. The van der Waals surface area contributed by atoms with Gasteiger partial charge in [0.2, 0.25) is 0 Å². The van der Waals surface area contributed by atoms with E-state index in [0.29, 0.717) is 0 Å². The smallest absolute Gasteiger partial charge is 0.0279 e. The standard InChI is InChI=1S/2C16H13.C3H6.2ClH.Ti/c2*1-12-10-11-14-8-5-9-15(16(12)14)13-6-3-2-4-7-13;1-3-2;;;/h2*2-11H,1H3;1-2H3;2*1H;/q2*-1;;;;+2/p-2. The first kappa shape index (κ1) is 28.3. The summed E-state index contributed by atoms with van der Waals surface area (Å²) in [5.74, 6) is 0. The van der Waals surface area contributed by atoms with E-state index in [9.17, 15) is 0 Å². The van der Waals surface area contributed by atoms with Gasteiger partial charge in [0.25, 0.3) is 0 Å². The van der Waals surface area contributed by atoms with Crippen LogP contribution in [0.1, 0.15) is 25.0 Å². The molecule has 0 saturated heterocycles. The van der Waals surface area contributed by atoms with Crippen LogP contribution in [-0.4, -0.2) is 3.81 Å². The molecule has 0 N–H and O–H groups in total. The van der Waals surface area contributed by atoms with Gasteiger partial charge in [0, 0.05) is 0 Å². The molecule has 0 unspecified atom stereocenters. The predicted molar refractivity (Wildman–Crippen MR) is 167 cm³/mol. The fourth-order valence-electron chi connectivity index (χ4n) is 4.61. The third-order valence-electron chi connectivity index (χ3n) is 6.56. The molecule has 0 amide bonds. The fraction of sp³-hybridized carbons (Fsp3) is 0.114. The summed E-state index contributed by atoms with van der Waals surface area (Å²) in [4.78, 5) is 0. The average molecular weight is 571 g/mol. The zero-order valence-corrected chi connectivity index (χ0v) is 25.4. The number of aryl methyl sites for hydroxylation is 2. The first-order valence-electron chi connectivity index (χ1n) is 12.8. The number of hydrogen-bond acceptors (Lipinski definition) is 0. The molecule has 0 nitrogen and oxygen atoms in total. The Hall–Kier alpha value is -2.74. The van der Waals surface area contributed by atoms with Crippen LogP contribution in [0.25, 0.3) is 43.8 Å². The molecule has 0 aliphatic carbocycles. The molecule has 6 rings (SSSR count). The van der Waals surface area contributed by atoms with Crippen molar-refractivity contribution < 1.29 is 15.3 Å². The molecule has 0 fully saturated rings. The monoisotopic (exact) mass is 570 g/mol. The van der Waals surface area contributed by atoms with Gasteiger partial charge in [0.15, 0.2) is 0 Å². The molecule has 0 aromatic heterocycles. The minimum Gasteiger partial charge on any atom is -0.156 e. The first-order valence-corrected chi connectivity index (χ1v) is 17.8. The normalized spacial score (nSPS) is 10.4. The molecule has 0 bridgehead atoms. The van der Waals surface area contributed by atoms with E-state index in [-0.39, 0.29) is 0 Å². The van der Waals surface area contributed by atoms with Crippen LogP contribution >= 0.6 is 18.6 Å². The van der Waals surface area contributed by atoms with Gasteiger partial charge in [0.1, 0.15) is 0 Å². The van der Waals surface area contributed by atoms with Crippen molar-refractivity contribution >= 4 is 44.0 Å². The maximum absolute atomic E-state index is 5.51. The number of fused-ring (bicyclic) bond motifs is 2. The van der Waals surface area contributed by atoms with Gasteiger partial charge in [-0.15, -0.1) is 57.9 Å². The molecule has 0 saturated carbocycles. The van der Waals surface area contributed by atoms with Crippen molar-refractivity contribution in [2.24, 2.45) is 0 Å². The van der Waals surface area contributed by atoms with Crippen molar-refractivity contribution in [1.82, 2.24) is 0 Å². The molecule has 6 aromatic carbocycles. The summed E-state index contributed by atoms with van der Waals surface area (Å²) in [5.41, 5.74) is 7.97. The van der Waals surface area contributed by atoms with Gasteiger partial charge in [-0.05, 0) is 11.1 Å². The van der Waals surface area contributed by atoms with E-state index in [0.717, 1.165) is 0 Å². The van der Waals surface area contributed by atoms with E-state index >= 15 is 0 Å². The largest absolute Gasteiger partial charge is 0.156 e. The van der Waals surface area contributed by atoms with Gasteiger partial charge in [0.05, 0.1) is 0 Å². The Morgan fingerprint density at radius 1 is 0.553 bits per heavy atom. The molecule has 0 atom stereocenters. The van der Waals surface area contributed by atoms with E-state index in [1.807, 2.05) is 13.8 Å². The van der Waals surface area contributed by atoms with Gasteiger partial charge >= 0.3 is 51.6 Å². The Bertz CT molecular complexity index is 1520. The SMILES string of the molecule is C[C](C)=[Ti]([Cl])[Cl].Cc1c[cH-]c2cccc(-c3ccccc3)c12.Cc1c[cH-]c2cccc(-c3ccccc3)c12. The van der Waals surface area contributed by atoms with Crippen LogP contribution in [-0.2, 0) is 15.3 Å². The molecule has 192 valence electrons. The molecular weight excluding hydrogens is 539 g/mol. The Morgan fingerprint density at radius 3 is 1.26 bits per heavy atom. The Labute approximate surface area is 240 Å². The van der Waals surface area contributed by atoms with Crippen LogP contribution in [0.3, 0.4) is 0 Å². The van der Waals surface area contributed by atoms with Crippen molar-refractivity contribution in [2.75, 3.05) is 0 Å². The number of rotatable bonds is 2. The molecule has 0 aliphatic heterocycles. The van der Waals surface area contributed by atoms with Crippen LogP contribution < -0.4 is 0 Å². The molecule has 38 heavy (non-hydrogen) atoms. The van der Waals surface area contributed by atoms with Crippen LogP contribution in [0.2, 0.25) is 0 Å². The van der Waals surface area contributed by atoms with Gasteiger partial charge in [-0.1, -0.05) is 97.8 Å². The van der Waals surface area contributed by atoms with E-state index < -0.39 is 15.3 Å². The van der Waals surface area contributed by atoms with Gasteiger partial charge in [-0.25, -0.2) is 0 Å². The van der Waals surface area contributed by atoms with Crippen molar-refractivity contribution in [3.8, 4) is 22.3 Å². The summed E-state index contributed by atoms with van der Waals surface area (Å²) < 4.78 is 1.21. The Morgan fingerprint density at radius 2 is 0.921 bits per heavy atom. The second kappa shape index (κ2) is 13.4. The summed E-state index contributed by atoms with van der Waals surface area (Å²) in [6.07, 6.45) is 0. The molecule has 0 radical (unpaired) electrons. The summed E-state index contributed by atoms with van der Waals surface area (Å²) in [6, 6.07) is 42.9. The minimum atomic E-state index is -1.60. The summed E-state index contributed by atoms with van der Waals surface area (Å²) in [7, 11) is 11.0. The van der Waals surface area contributed by atoms with Gasteiger partial charge in [-0.2, -0.15) is 23.3 Å². The summed E-state index contributed by atoms with van der Waals surface area (Å²) >= 11 is -1.60. The van der Waals surface area contributed by atoms with E-state index in [2.05, 4.69) is 135 Å². The molecule has 6 aromatic rings. The third kappa shape index (κ3) is 6.82. The zero-order chi connectivity index (χ0) is 27.1. The maximum atomic E-state index is 5.51. The average Bonchev–Trinajstić information content (AvgIpc) is 3.53. The van der Waals surface area contributed by atoms with Crippen LogP contribution in [0.4, 0.5) is 0 Å². The number of hydrogen-bond donors (Lipinski definition) is 0. The quantitative estimate of drug-likeness (QED) is 0.143. The third-order valence-corrected chi connectivity index (χ3v) is 10.9. The maximum Gasteiger partial charge on any atom is -0.0279 e. The second-order valence-corrected chi connectivity index (χ2v) is 15.9. The van der Waals surface area contributed by atoms with Crippen molar-refractivity contribution in [1.29, 1.82) is 0 Å². The molecular formula is C35H32Cl2Ti-2. The fourth-order valence-corrected chi connectivity index (χ4v) is 4.61. The predicted octanol–water partition coefficient (Wildman–Crippen LogP) is 11.2. The Balaban J connectivity index is 0.000000147. The number of halogens is 2. The summed E-state index contributed by atoms with van der Waals surface area (Å²) in [6.45, 7) is 8.29. The van der Waals surface area contributed by atoms with E-state index in [1.165, 1.54) is 58.7 Å². The zero-order valence-electron chi connectivity index (χ0n) is 22.3. The minimum absolute atomic E-state index is 1.21. The van der Waals surface area contributed by atoms with E-state index in [4.69, 9.17) is 18.6 Å². The molecule has 0 spiro atoms. The van der Waals surface area contributed by atoms with E-state index in [1.54, 1.807) is 0 Å². The second-order valence-electron chi connectivity index (χ2n) is 9.56. The van der Waals surface area contributed by atoms with Crippen LogP contribution in [0.15, 0.2) is 121 Å².